The molecule has 0 aliphatic carbocycles. The van der Waals surface area contributed by atoms with Gasteiger partial charge in [0.15, 0.2) is 11.5 Å². The van der Waals surface area contributed by atoms with Crippen LogP contribution in [0.5, 0.6) is 0 Å². The molecule has 1 amide bonds. The minimum absolute atomic E-state index is 0.275. The summed E-state index contributed by atoms with van der Waals surface area (Å²) in [5, 5.41) is 10.4. The van der Waals surface area contributed by atoms with E-state index in [1.165, 1.54) is 11.1 Å². The predicted octanol–water partition coefficient (Wildman–Crippen LogP) is 3.19. The van der Waals surface area contributed by atoms with Crippen LogP contribution in [0.3, 0.4) is 0 Å². The summed E-state index contributed by atoms with van der Waals surface area (Å²) in [6.45, 7) is 5.85. The van der Waals surface area contributed by atoms with Gasteiger partial charge in [0.25, 0.3) is 0 Å². The maximum Gasteiger partial charge on any atom is 0.207 e. The Morgan fingerprint density at radius 1 is 1.29 bits per heavy atom. The van der Waals surface area contributed by atoms with Crippen molar-refractivity contribution in [1.29, 1.82) is 0 Å². The van der Waals surface area contributed by atoms with Crippen LogP contribution >= 0.6 is 0 Å². The number of hydrogen-bond donors (Lipinski definition) is 2. The van der Waals surface area contributed by atoms with Gasteiger partial charge in [0, 0.05) is 43.8 Å². The number of rotatable bonds is 9. The van der Waals surface area contributed by atoms with Crippen molar-refractivity contribution in [2.24, 2.45) is 0 Å². The molecule has 3 aromatic rings. The fourth-order valence-electron chi connectivity index (χ4n) is 4.49. The average molecular weight is 422 g/mol. The van der Waals surface area contributed by atoms with Crippen LogP contribution in [0.1, 0.15) is 54.1 Å². The Bertz CT molecular complexity index is 1060. The molecule has 4 heterocycles. The van der Waals surface area contributed by atoms with Crippen molar-refractivity contribution in [3.63, 3.8) is 0 Å². The summed E-state index contributed by atoms with van der Waals surface area (Å²) in [5.41, 5.74) is 5.60. The maximum absolute atomic E-state index is 10.5. The first kappa shape index (κ1) is 21.1. The molecular formula is C23H31N7O. The molecule has 31 heavy (non-hydrogen) atoms. The van der Waals surface area contributed by atoms with E-state index in [1.54, 1.807) is 0 Å². The number of fused-ring (bicyclic) bond motifs is 1. The number of anilines is 2. The molecule has 1 unspecified atom stereocenters. The number of unbranched alkanes of at least 4 members (excludes halogenated alkanes) is 1. The second-order valence-corrected chi connectivity index (χ2v) is 8.21. The summed E-state index contributed by atoms with van der Waals surface area (Å²) < 4.78 is 1.84. The topological polar surface area (TPSA) is 87.5 Å². The fraction of sp³-hybridized carbons (Fsp3) is 0.478. The van der Waals surface area contributed by atoms with Gasteiger partial charge in [-0.1, -0.05) is 6.07 Å². The van der Waals surface area contributed by atoms with Crippen molar-refractivity contribution in [1.82, 2.24) is 24.9 Å². The van der Waals surface area contributed by atoms with Gasteiger partial charge < -0.3 is 15.5 Å². The van der Waals surface area contributed by atoms with Crippen molar-refractivity contribution < 1.29 is 4.79 Å². The number of pyridine rings is 1. The minimum Gasteiger partial charge on any atom is -0.371 e. The fourth-order valence-corrected chi connectivity index (χ4v) is 4.49. The third-order valence-corrected chi connectivity index (χ3v) is 6.05. The van der Waals surface area contributed by atoms with E-state index in [9.17, 15) is 4.79 Å². The highest BCUT2D eigenvalue weighted by Gasteiger charge is 2.30. The third-order valence-electron chi connectivity index (χ3n) is 6.05. The number of nitrogens with one attached hydrogen (secondary N) is 2. The van der Waals surface area contributed by atoms with Crippen LogP contribution in [0.2, 0.25) is 0 Å². The Balaban J connectivity index is 1.61. The van der Waals surface area contributed by atoms with Gasteiger partial charge in [-0.25, -0.2) is 9.50 Å². The van der Waals surface area contributed by atoms with Crippen molar-refractivity contribution in [2.45, 2.75) is 52.0 Å². The van der Waals surface area contributed by atoms with Crippen molar-refractivity contribution in [3.05, 3.63) is 46.9 Å². The largest absolute Gasteiger partial charge is 0.371 e. The van der Waals surface area contributed by atoms with Gasteiger partial charge in [0.2, 0.25) is 6.41 Å². The third kappa shape index (κ3) is 4.33. The smallest absolute Gasteiger partial charge is 0.207 e. The van der Waals surface area contributed by atoms with Crippen LogP contribution in [0.15, 0.2) is 24.5 Å². The molecule has 1 saturated heterocycles. The average Bonchev–Trinajstić information content (AvgIpc) is 3.39. The van der Waals surface area contributed by atoms with Gasteiger partial charge >= 0.3 is 0 Å². The molecule has 0 bridgehead atoms. The number of amides is 1. The molecule has 4 rings (SSSR count). The number of aromatic nitrogens is 4. The normalized spacial score (nSPS) is 16.1. The van der Waals surface area contributed by atoms with Gasteiger partial charge in [-0.15, -0.1) is 5.10 Å². The molecule has 0 spiro atoms. The highest BCUT2D eigenvalue weighted by molar-refractivity contribution is 5.62. The van der Waals surface area contributed by atoms with E-state index >= 15 is 0 Å². The molecule has 0 aromatic carbocycles. The van der Waals surface area contributed by atoms with E-state index in [4.69, 9.17) is 9.97 Å². The Morgan fingerprint density at radius 3 is 2.97 bits per heavy atom. The lowest BCUT2D eigenvalue weighted by Gasteiger charge is -2.28. The van der Waals surface area contributed by atoms with Gasteiger partial charge in [0.05, 0.1) is 6.04 Å². The zero-order valence-electron chi connectivity index (χ0n) is 18.6. The second-order valence-electron chi connectivity index (χ2n) is 8.21. The number of carbonyl (C=O) groups excluding carboxylic acids is 1. The molecule has 3 aromatic heterocycles. The molecular weight excluding hydrogens is 390 g/mol. The van der Waals surface area contributed by atoms with Gasteiger partial charge in [-0.3, -0.25) is 9.78 Å². The zero-order chi connectivity index (χ0) is 21.8. The number of nitrogens with zero attached hydrogens (tertiary/aromatic N) is 5. The first-order chi connectivity index (χ1) is 15.1. The molecule has 0 saturated carbocycles. The summed E-state index contributed by atoms with van der Waals surface area (Å²) in [7, 11) is 1.88. The van der Waals surface area contributed by atoms with Crippen LogP contribution in [-0.2, 0) is 11.2 Å². The predicted molar refractivity (Wildman–Crippen MR) is 123 cm³/mol. The zero-order valence-corrected chi connectivity index (χ0v) is 18.6. The van der Waals surface area contributed by atoms with Gasteiger partial charge in [0.1, 0.15) is 5.82 Å². The first-order valence-corrected chi connectivity index (χ1v) is 11.0. The summed E-state index contributed by atoms with van der Waals surface area (Å²) >= 11 is 0. The molecule has 8 nitrogen and oxygen atoms in total. The van der Waals surface area contributed by atoms with E-state index < -0.39 is 0 Å². The van der Waals surface area contributed by atoms with Gasteiger partial charge in [-0.2, -0.15) is 0 Å². The van der Waals surface area contributed by atoms with Crippen molar-refractivity contribution in [3.8, 4) is 0 Å². The van der Waals surface area contributed by atoms with Gasteiger partial charge in [-0.05, 0) is 63.1 Å². The summed E-state index contributed by atoms with van der Waals surface area (Å²) in [6, 6.07) is 4.62. The van der Waals surface area contributed by atoms with E-state index in [1.807, 2.05) is 24.0 Å². The van der Waals surface area contributed by atoms with E-state index in [0.29, 0.717) is 6.54 Å². The quantitative estimate of drug-likeness (QED) is 0.408. The second kappa shape index (κ2) is 9.32. The molecule has 1 fully saturated rings. The Hall–Kier alpha value is -3.16. The number of hydrogen-bond acceptors (Lipinski definition) is 6. The SMILES string of the molecule is CNc1nn2ccc(N3CCCC3c3cc(C)cnc3CCCCNC=O)nc2c1C. The van der Waals surface area contributed by atoms with Crippen LogP contribution in [0, 0.1) is 13.8 Å². The first-order valence-electron chi connectivity index (χ1n) is 11.0. The highest BCUT2D eigenvalue weighted by Crippen LogP contribution is 2.37. The lowest BCUT2D eigenvalue weighted by Crippen LogP contribution is -2.25. The Labute approximate surface area is 183 Å². The standard InChI is InChI=1S/C23H31N7O/c1-16-13-18(19(26-14-16)7-4-5-10-25-15-31)20-8-6-11-29(20)21-9-12-30-23(27-21)17(2)22(24-3)28-30/h9,12-15,20H,4-8,10-11H2,1-3H3,(H,24,28)(H,25,31). The molecule has 1 aliphatic heterocycles. The maximum atomic E-state index is 10.5. The molecule has 1 aliphatic rings. The van der Waals surface area contributed by atoms with Crippen LogP contribution in [0.25, 0.3) is 5.65 Å². The Morgan fingerprint density at radius 2 is 2.16 bits per heavy atom. The highest BCUT2D eigenvalue weighted by atomic mass is 16.1. The number of aryl methyl sites for hydroxylation is 3. The lowest BCUT2D eigenvalue weighted by molar-refractivity contribution is -0.109. The van der Waals surface area contributed by atoms with Crippen molar-refractivity contribution in [2.75, 3.05) is 30.4 Å². The molecule has 164 valence electrons. The van der Waals surface area contributed by atoms with Crippen molar-refractivity contribution >= 4 is 23.7 Å². The van der Waals surface area contributed by atoms with E-state index in [-0.39, 0.29) is 6.04 Å². The van der Waals surface area contributed by atoms with Crippen LogP contribution in [0.4, 0.5) is 11.6 Å². The van der Waals surface area contributed by atoms with Crippen LogP contribution < -0.4 is 15.5 Å². The van der Waals surface area contributed by atoms with E-state index in [0.717, 1.165) is 73.6 Å². The molecule has 1 atom stereocenters. The summed E-state index contributed by atoms with van der Waals surface area (Å²) in [4.78, 5) is 22.6. The van der Waals surface area contributed by atoms with Crippen LogP contribution in [-0.4, -0.2) is 46.1 Å². The monoisotopic (exact) mass is 421 g/mol. The number of carbonyl (C=O) groups is 1. The minimum atomic E-state index is 0.275. The summed E-state index contributed by atoms with van der Waals surface area (Å²) in [6.07, 6.45) is 9.82. The molecule has 8 heteroatoms. The lowest BCUT2D eigenvalue weighted by atomic mass is 9.98. The molecule has 0 radical (unpaired) electrons. The van der Waals surface area contributed by atoms with E-state index in [2.05, 4.69) is 46.6 Å². The molecule has 2 N–H and O–H groups in total. The summed E-state index contributed by atoms with van der Waals surface area (Å²) in [5.74, 6) is 1.85. The Kier molecular flexibility index (Phi) is 6.34.